The van der Waals surface area contributed by atoms with Crippen molar-refractivity contribution in [2.24, 2.45) is 11.1 Å². The van der Waals surface area contributed by atoms with Crippen molar-refractivity contribution in [3.8, 4) is 11.4 Å². The van der Waals surface area contributed by atoms with Gasteiger partial charge in [-0.3, -0.25) is 5.10 Å². The molecule has 36 heavy (non-hydrogen) atoms. The Labute approximate surface area is 208 Å². The van der Waals surface area contributed by atoms with Gasteiger partial charge in [0.25, 0.3) is 0 Å². The number of benzene rings is 1. The number of hydrogen-bond acceptors (Lipinski definition) is 10. The predicted molar refractivity (Wildman–Crippen MR) is 134 cm³/mol. The van der Waals surface area contributed by atoms with E-state index in [0.717, 1.165) is 80.3 Å². The number of aromatic nitrogens is 6. The van der Waals surface area contributed by atoms with E-state index in [-0.39, 0.29) is 17.6 Å². The van der Waals surface area contributed by atoms with Crippen molar-refractivity contribution in [2.45, 2.75) is 44.8 Å². The van der Waals surface area contributed by atoms with Gasteiger partial charge in [-0.25, -0.2) is 9.97 Å². The molecule has 2 saturated heterocycles. The van der Waals surface area contributed by atoms with Crippen LogP contribution in [0.4, 0.5) is 17.3 Å². The van der Waals surface area contributed by atoms with Crippen LogP contribution >= 0.6 is 0 Å². The van der Waals surface area contributed by atoms with E-state index < -0.39 is 0 Å². The van der Waals surface area contributed by atoms with Gasteiger partial charge in [-0.2, -0.15) is 10.1 Å². The topological polar surface area (TPSA) is 135 Å². The molecule has 0 radical (unpaired) electrons. The van der Waals surface area contributed by atoms with Crippen molar-refractivity contribution in [3.63, 3.8) is 0 Å². The summed E-state index contributed by atoms with van der Waals surface area (Å²) in [5, 5.41) is 11.8. The van der Waals surface area contributed by atoms with E-state index in [0.29, 0.717) is 11.5 Å². The Bertz CT molecular complexity index is 1390. The van der Waals surface area contributed by atoms with Crippen LogP contribution in [0, 0.1) is 5.41 Å². The van der Waals surface area contributed by atoms with E-state index in [2.05, 4.69) is 43.1 Å². The molecular formula is C25H29N9O2. The van der Waals surface area contributed by atoms with E-state index in [9.17, 15) is 0 Å². The van der Waals surface area contributed by atoms with Gasteiger partial charge >= 0.3 is 0 Å². The molecule has 2 fully saturated rings. The Hall–Kier alpha value is -3.57. The Balaban J connectivity index is 1.16. The quantitative estimate of drug-likeness (QED) is 0.444. The highest BCUT2D eigenvalue weighted by atomic mass is 16.5. The van der Waals surface area contributed by atoms with Gasteiger partial charge in [0.1, 0.15) is 5.82 Å². The van der Waals surface area contributed by atoms with Crippen molar-refractivity contribution < 1.29 is 9.26 Å². The summed E-state index contributed by atoms with van der Waals surface area (Å²) in [5.41, 5.74) is 11.3. The molecule has 0 unspecified atom stereocenters. The smallest absolute Gasteiger partial charge is 0.214 e. The molecule has 4 aromatic rings. The fourth-order valence-electron chi connectivity index (χ4n) is 6.12. The first kappa shape index (κ1) is 21.7. The molecule has 0 amide bonds. The second-order valence-corrected chi connectivity index (χ2v) is 10.2. The maximum atomic E-state index is 6.49. The van der Waals surface area contributed by atoms with Gasteiger partial charge in [0.05, 0.1) is 18.9 Å². The maximum absolute atomic E-state index is 6.49. The number of nitrogens with zero attached hydrogens (tertiary/aromatic N) is 7. The van der Waals surface area contributed by atoms with Crippen LogP contribution in [0.25, 0.3) is 22.6 Å². The van der Waals surface area contributed by atoms with Crippen molar-refractivity contribution in [2.75, 3.05) is 36.0 Å². The number of ether oxygens (including phenoxy) is 1. The summed E-state index contributed by atoms with van der Waals surface area (Å²) in [6.45, 7) is 5.46. The van der Waals surface area contributed by atoms with Crippen LogP contribution < -0.4 is 15.5 Å². The fraction of sp³-hybridized carbons (Fsp3) is 0.480. The first-order chi connectivity index (χ1) is 17.6. The minimum Gasteiger partial charge on any atom is -0.376 e. The molecular weight excluding hydrogens is 458 g/mol. The Morgan fingerprint density at radius 1 is 1.17 bits per heavy atom. The highest BCUT2D eigenvalue weighted by Crippen LogP contribution is 2.42. The zero-order valence-electron chi connectivity index (χ0n) is 20.2. The van der Waals surface area contributed by atoms with Crippen LogP contribution in [0.1, 0.15) is 31.7 Å². The second-order valence-electron chi connectivity index (χ2n) is 10.2. The van der Waals surface area contributed by atoms with Crippen molar-refractivity contribution in [1.29, 1.82) is 0 Å². The second kappa shape index (κ2) is 8.24. The number of H-pyrrole nitrogens is 1. The lowest BCUT2D eigenvalue weighted by atomic mass is 9.73. The number of rotatable bonds is 3. The normalized spacial score (nSPS) is 23.5. The number of aromatic amines is 1. The lowest BCUT2D eigenvalue weighted by molar-refractivity contribution is 0.0974. The number of hydrogen-bond donors (Lipinski definition) is 2. The molecule has 11 heteroatoms. The number of fused-ring (bicyclic) bond motifs is 2. The van der Waals surface area contributed by atoms with E-state index in [1.807, 2.05) is 18.3 Å². The molecule has 3 aliphatic rings. The minimum atomic E-state index is 0.0800. The van der Waals surface area contributed by atoms with Gasteiger partial charge in [0, 0.05) is 42.3 Å². The number of nitrogens with one attached hydrogen (secondary N) is 1. The largest absolute Gasteiger partial charge is 0.376 e. The van der Waals surface area contributed by atoms with Gasteiger partial charge in [0.2, 0.25) is 12.2 Å². The summed E-state index contributed by atoms with van der Waals surface area (Å²) in [4.78, 5) is 18.5. The third-order valence-electron chi connectivity index (χ3n) is 8.28. The highest BCUT2D eigenvalue weighted by molar-refractivity contribution is 5.88. The van der Waals surface area contributed by atoms with E-state index in [4.69, 9.17) is 25.0 Å². The fourth-order valence-corrected chi connectivity index (χ4v) is 6.12. The average molecular weight is 488 g/mol. The Morgan fingerprint density at radius 2 is 2.06 bits per heavy atom. The summed E-state index contributed by atoms with van der Waals surface area (Å²) in [5.74, 6) is 2.26. The van der Waals surface area contributed by atoms with Crippen LogP contribution in [-0.4, -0.2) is 68.7 Å². The molecule has 11 nitrogen and oxygen atoms in total. The summed E-state index contributed by atoms with van der Waals surface area (Å²) in [6, 6.07) is 6.27. The third-order valence-corrected chi connectivity index (χ3v) is 8.28. The third kappa shape index (κ3) is 3.30. The molecule has 3 aliphatic heterocycles. The minimum absolute atomic E-state index is 0.0800. The zero-order chi connectivity index (χ0) is 24.3. The summed E-state index contributed by atoms with van der Waals surface area (Å²) >= 11 is 0. The van der Waals surface area contributed by atoms with E-state index >= 15 is 0 Å². The predicted octanol–water partition coefficient (Wildman–Crippen LogP) is 2.82. The van der Waals surface area contributed by atoms with Gasteiger partial charge in [-0.1, -0.05) is 17.3 Å². The molecule has 1 spiro atoms. The van der Waals surface area contributed by atoms with Crippen LogP contribution in [0.15, 0.2) is 35.3 Å². The van der Waals surface area contributed by atoms with Crippen LogP contribution in [0.2, 0.25) is 0 Å². The summed E-state index contributed by atoms with van der Waals surface area (Å²) in [6.07, 6.45) is 7.29. The maximum Gasteiger partial charge on any atom is 0.214 e. The van der Waals surface area contributed by atoms with Gasteiger partial charge in [0.15, 0.2) is 17.0 Å². The molecule has 2 atom stereocenters. The Morgan fingerprint density at radius 3 is 2.83 bits per heavy atom. The van der Waals surface area contributed by atoms with Crippen molar-refractivity contribution >= 4 is 28.5 Å². The van der Waals surface area contributed by atoms with Gasteiger partial charge in [-0.05, 0) is 44.2 Å². The molecule has 0 bridgehead atoms. The lowest BCUT2D eigenvalue weighted by Crippen LogP contribution is -2.50. The molecule has 0 saturated carbocycles. The number of nitrogens with two attached hydrogens (primary N) is 1. The van der Waals surface area contributed by atoms with Gasteiger partial charge in [-0.15, -0.1) is 0 Å². The van der Waals surface area contributed by atoms with Crippen LogP contribution in [0.5, 0.6) is 0 Å². The highest BCUT2D eigenvalue weighted by Gasteiger charge is 2.47. The molecule has 186 valence electrons. The number of piperidine rings is 1. The van der Waals surface area contributed by atoms with Crippen LogP contribution in [-0.2, 0) is 11.2 Å². The van der Waals surface area contributed by atoms with Gasteiger partial charge < -0.3 is 24.8 Å². The SMILES string of the molecule is C[C@@H]1OCC2(CCN(c3cnc4c(N5CCCc6c(-c7ncon7)cccc65)n[nH]c4n3)CC2)[C@@H]1N. The summed E-state index contributed by atoms with van der Waals surface area (Å²) in [7, 11) is 0. The molecule has 3 aromatic heterocycles. The molecule has 0 aliphatic carbocycles. The first-order valence-corrected chi connectivity index (χ1v) is 12.6. The van der Waals surface area contributed by atoms with E-state index in [1.54, 1.807) is 0 Å². The van der Waals surface area contributed by atoms with Crippen LogP contribution in [0.3, 0.4) is 0 Å². The molecule has 6 heterocycles. The molecule has 7 rings (SSSR count). The summed E-state index contributed by atoms with van der Waals surface area (Å²) < 4.78 is 10.9. The van der Waals surface area contributed by atoms with Crippen molar-refractivity contribution in [1.82, 2.24) is 30.3 Å². The Kier molecular flexibility index (Phi) is 4.97. The number of anilines is 3. The monoisotopic (exact) mass is 487 g/mol. The van der Waals surface area contributed by atoms with E-state index in [1.165, 1.54) is 12.0 Å². The zero-order valence-corrected chi connectivity index (χ0v) is 20.2. The first-order valence-electron chi connectivity index (χ1n) is 12.6. The molecule has 1 aromatic carbocycles. The standard InChI is InChI=1S/C25H29N9O2/c1-15-21(26)25(13-35-15)7-10-33(11-8-25)19-12-27-20-23(29-19)30-31-24(20)34-9-3-5-16-17(4-2-6-18(16)34)22-28-14-36-32-22/h2,4,6,12,14-15,21H,3,5,7-11,13,26H2,1H3,(H,29,30,31)/t15-,21+/m0/s1. The average Bonchev–Trinajstić information content (AvgIpc) is 3.66. The molecule has 3 N–H and O–H groups in total. The van der Waals surface area contributed by atoms with Crippen molar-refractivity contribution in [3.05, 3.63) is 36.4 Å². The lowest BCUT2D eigenvalue weighted by Gasteiger charge is -2.41.